The first-order valence-electron chi connectivity index (χ1n) is 11.3. The minimum Gasteiger partial charge on any atom is -0.490 e. The Balaban J connectivity index is 1.51. The highest BCUT2D eigenvalue weighted by molar-refractivity contribution is 8.18. The third kappa shape index (κ3) is 5.97. The molecule has 0 N–H and O–H groups in total. The maximum Gasteiger partial charge on any atom is 0.293 e. The van der Waals surface area contributed by atoms with Crippen molar-refractivity contribution in [2.45, 2.75) is 20.1 Å². The van der Waals surface area contributed by atoms with Crippen LogP contribution in [0.4, 0.5) is 10.5 Å². The Morgan fingerprint density at radius 2 is 1.86 bits per heavy atom. The molecule has 1 saturated heterocycles. The van der Waals surface area contributed by atoms with E-state index in [2.05, 4.69) is 6.07 Å². The number of ether oxygens (including phenoxy) is 2. The number of hydrogen-bond acceptors (Lipinski definition) is 8. The molecule has 1 heterocycles. The smallest absolute Gasteiger partial charge is 0.293 e. The highest BCUT2D eigenvalue weighted by Gasteiger charge is 2.35. The maximum atomic E-state index is 13.0. The minimum atomic E-state index is -0.464. The number of nitro groups is 1. The van der Waals surface area contributed by atoms with Crippen molar-refractivity contribution in [1.29, 1.82) is 5.26 Å². The molecule has 0 saturated carbocycles. The van der Waals surface area contributed by atoms with Crippen molar-refractivity contribution in [2.75, 3.05) is 6.61 Å². The number of non-ortho nitro benzene ring substituents is 1. The van der Waals surface area contributed by atoms with Crippen molar-refractivity contribution in [3.05, 3.63) is 104 Å². The third-order valence-electron chi connectivity index (χ3n) is 5.42. The Labute approximate surface area is 217 Å². The zero-order chi connectivity index (χ0) is 26.4. The van der Waals surface area contributed by atoms with Crippen LogP contribution in [0, 0.1) is 21.4 Å². The summed E-state index contributed by atoms with van der Waals surface area (Å²) in [7, 11) is 0. The molecule has 3 aromatic rings. The van der Waals surface area contributed by atoms with Gasteiger partial charge in [-0.2, -0.15) is 5.26 Å². The van der Waals surface area contributed by atoms with Gasteiger partial charge in [0.2, 0.25) is 0 Å². The lowest BCUT2D eigenvalue weighted by molar-refractivity contribution is -0.384. The molecule has 3 aromatic carbocycles. The molecule has 0 aliphatic carbocycles. The van der Waals surface area contributed by atoms with E-state index < -0.39 is 16.1 Å². The first-order valence-corrected chi connectivity index (χ1v) is 12.1. The SMILES string of the molecule is CCOc1cc(/C=C2/SC(=O)N(Cc3ccccc3C#N)C2=O)ccc1OCc1cccc([N+](=O)[O-])c1. The molecule has 2 amide bonds. The molecule has 0 atom stereocenters. The van der Waals surface area contributed by atoms with Crippen LogP contribution < -0.4 is 9.47 Å². The van der Waals surface area contributed by atoms with E-state index in [4.69, 9.17) is 9.47 Å². The predicted octanol–water partition coefficient (Wildman–Crippen LogP) is 5.68. The number of benzene rings is 3. The van der Waals surface area contributed by atoms with Crippen LogP contribution in [0.3, 0.4) is 0 Å². The molecular weight excluding hydrogens is 494 g/mol. The fourth-order valence-electron chi connectivity index (χ4n) is 3.65. The van der Waals surface area contributed by atoms with Crippen LogP contribution in [0.2, 0.25) is 0 Å². The Morgan fingerprint density at radius 1 is 1.05 bits per heavy atom. The molecule has 0 spiro atoms. The standard InChI is InChI=1S/C27H21N3O6S/c1-2-35-24-13-18(10-11-23(24)36-17-19-6-5-9-22(12-19)30(33)34)14-25-26(31)29(27(32)37-25)16-21-8-4-3-7-20(21)15-28/h3-14H,2,16-17H2,1H3/b25-14+. The van der Waals surface area contributed by atoms with Gasteiger partial charge in [0.25, 0.3) is 16.8 Å². The van der Waals surface area contributed by atoms with Gasteiger partial charge in [-0.15, -0.1) is 0 Å². The average Bonchev–Trinajstić information content (AvgIpc) is 3.16. The first kappa shape index (κ1) is 25.5. The molecule has 0 bridgehead atoms. The normalized spacial score (nSPS) is 14.1. The van der Waals surface area contributed by atoms with Crippen LogP contribution in [-0.4, -0.2) is 27.6 Å². The molecule has 4 rings (SSSR count). The van der Waals surface area contributed by atoms with E-state index in [1.54, 1.807) is 60.7 Å². The van der Waals surface area contributed by atoms with Crippen LogP contribution >= 0.6 is 11.8 Å². The number of carbonyl (C=O) groups excluding carboxylic acids is 2. The van der Waals surface area contributed by atoms with E-state index in [0.717, 1.165) is 16.7 Å². The number of nitro benzene ring substituents is 1. The summed E-state index contributed by atoms with van der Waals surface area (Å²) in [5.74, 6) is 0.433. The second-order valence-corrected chi connectivity index (χ2v) is 8.88. The van der Waals surface area contributed by atoms with Crippen molar-refractivity contribution in [2.24, 2.45) is 0 Å². The van der Waals surface area contributed by atoms with Gasteiger partial charge in [0.05, 0.1) is 34.6 Å². The zero-order valence-electron chi connectivity index (χ0n) is 19.7. The number of nitrogens with zero attached hydrogens (tertiary/aromatic N) is 3. The fourth-order valence-corrected chi connectivity index (χ4v) is 4.49. The molecule has 0 unspecified atom stereocenters. The highest BCUT2D eigenvalue weighted by atomic mass is 32.2. The van der Waals surface area contributed by atoms with Gasteiger partial charge >= 0.3 is 0 Å². The van der Waals surface area contributed by atoms with Crippen molar-refractivity contribution < 1.29 is 24.0 Å². The van der Waals surface area contributed by atoms with Gasteiger partial charge in [-0.05, 0) is 59.7 Å². The number of rotatable bonds is 9. The Bertz CT molecular complexity index is 1450. The summed E-state index contributed by atoms with van der Waals surface area (Å²) in [4.78, 5) is 37.4. The van der Waals surface area contributed by atoms with Gasteiger partial charge in [0.1, 0.15) is 6.61 Å². The van der Waals surface area contributed by atoms with Gasteiger partial charge in [0, 0.05) is 12.1 Å². The lowest BCUT2D eigenvalue weighted by atomic mass is 10.1. The Kier molecular flexibility index (Phi) is 7.86. The summed E-state index contributed by atoms with van der Waals surface area (Å²) in [6.07, 6.45) is 1.61. The number of hydrogen-bond donors (Lipinski definition) is 0. The molecule has 1 fully saturated rings. The third-order valence-corrected chi connectivity index (χ3v) is 6.33. The van der Waals surface area contributed by atoms with E-state index >= 15 is 0 Å². The molecule has 1 aliphatic rings. The van der Waals surface area contributed by atoms with Crippen LogP contribution in [0.1, 0.15) is 29.2 Å². The molecule has 0 radical (unpaired) electrons. The topological polar surface area (TPSA) is 123 Å². The van der Waals surface area contributed by atoms with E-state index in [9.17, 15) is 25.0 Å². The van der Waals surface area contributed by atoms with Crippen LogP contribution in [0.5, 0.6) is 11.5 Å². The molecule has 37 heavy (non-hydrogen) atoms. The molecule has 186 valence electrons. The molecule has 0 aromatic heterocycles. The second-order valence-electron chi connectivity index (χ2n) is 7.89. The van der Waals surface area contributed by atoms with E-state index in [0.29, 0.717) is 40.4 Å². The quantitative estimate of drug-likeness (QED) is 0.203. The van der Waals surface area contributed by atoms with Crippen LogP contribution in [0.15, 0.2) is 71.6 Å². The van der Waals surface area contributed by atoms with Crippen LogP contribution in [-0.2, 0) is 17.9 Å². The lowest BCUT2D eigenvalue weighted by Crippen LogP contribution is -2.27. The summed E-state index contributed by atoms with van der Waals surface area (Å²) in [5.41, 5.74) is 2.25. The lowest BCUT2D eigenvalue weighted by Gasteiger charge is -2.13. The number of nitriles is 1. The largest absolute Gasteiger partial charge is 0.490 e. The number of imide groups is 1. The minimum absolute atomic E-state index is 0.0142. The number of carbonyl (C=O) groups is 2. The maximum absolute atomic E-state index is 13.0. The van der Waals surface area contributed by atoms with Crippen molar-refractivity contribution >= 4 is 34.7 Å². The van der Waals surface area contributed by atoms with Crippen molar-refractivity contribution in [3.63, 3.8) is 0 Å². The summed E-state index contributed by atoms with van der Waals surface area (Å²) in [6.45, 7) is 2.30. The molecular formula is C27H21N3O6S. The summed E-state index contributed by atoms with van der Waals surface area (Å²) in [5, 5.41) is 19.9. The van der Waals surface area contributed by atoms with Gasteiger partial charge in [-0.3, -0.25) is 24.6 Å². The second kappa shape index (κ2) is 11.4. The number of thioether (sulfide) groups is 1. The summed E-state index contributed by atoms with van der Waals surface area (Å²) in [6, 6.07) is 20.2. The van der Waals surface area contributed by atoms with Crippen molar-refractivity contribution in [3.8, 4) is 17.6 Å². The Morgan fingerprint density at radius 3 is 2.62 bits per heavy atom. The average molecular weight is 516 g/mol. The molecule has 10 heteroatoms. The summed E-state index contributed by atoms with van der Waals surface area (Å²) >= 11 is 0.832. The zero-order valence-corrected chi connectivity index (χ0v) is 20.6. The van der Waals surface area contributed by atoms with Gasteiger partial charge in [0.15, 0.2) is 11.5 Å². The fraction of sp³-hybridized carbons (Fsp3) is 0.148. The van der Waals surface area contributed by atoms with E-state index in [-0.39, 0.29) is 23.7 Å². The van der Waals surface area contributed by atoms with Crippen molar-refractivity contribution in [1.82, 2.24) is 4.90 Å². The van der Waals surface area contributed by atoms with E-state index in [1.807, 2.05) is 6.92 Å². The molecule has 9 nitrogen and oxygen atoms in total. The predicted molar refractivity (Wildman–Crippen MR) is 138 cm³/mol. The molecule has 1 aliphatic heterocycles. The van der Waals surface area contributed by atoms with Gasteiger partial charge in [-0.1, -0.05) is 36.4 Å². The van der Waals surface area contributed by atoms with E-state index in [1.165, 1.54) is 12.1 Å². The highest BCUT2D eigenvalue weighted by Crippen LogP contribution is 2.36. The number of amides is 2. The monoisotopic (exact) mass is 515 g/mol. The summed E-state index contributed by atoms with van der Waals surface area (Å²) < 4.78 is 11.6. The van der Waals surface area contributed by atoms with Gasteiger partial charge < -0.3 is 9.47 Å². The Hall–Kier alpha value is -4.62. The first-order chi connectivity index (χ1) is 17.9. The van der Waals surface area contributed by atoms with Gasteiger partial charge in [-0.25, -0.2) is 0 Å². The van der Waals surface area contributed by atoms with Crippen LogP contribution in [0.25, 0.3) is 6.08 Å².